The van der Waals surface area contributed by atoms with Crippen molar-refractivity contribution in [3.05, 3.63) is 40.1 Å². The first kappa shape index (κ1) is 17.1. The van der Waals surface area contributed by atoms with Crippen molar-refractivity contribution in [1.29, 1.82) is 0 Å². The minimum Gasteiger partial charge on any atom is -0.504 e. The maximum Gasteiger partial charge on any atom is 0.231 e. The number of fused-ring (bicyclic) bond motifs is 1. The summed E-state index contributed by atoms with van der Waals surface area (Å²) in [5.41, 5.74) is -0.373. The van der Waals surface area contributed by atoms with Crippen molar-refractivity contribution in [2.45, 2.75) is 6.61 Å². The van der Waals surface area contributed by atoms with Crippen LogP contribution < -0.4 is 5.43 Å². The smallest absolute Gasteiger partial charge is 0.231 e. The molecule has 8 heteroatoms. The first-order valence-corrected chi connectivity index (χ1v) is 6.33. The summed E-state index contributed by atoms with van der Waals surface area (Å²) in [6.45, 7) is -0.0421. The highest BCUT2D eigenvalue weighted by atomic mass is 32.2. The second kappa shape index (κ2) is 7.70. The Morgan fingerprint density at radius 2 is 1.76 bits per heavy atom. The third-order valence-electron chi connectivity index (χ3n) is 2.59. The molecule has 0 aliphatic carbocycles. The number of hydrogen-bond acceptors (Lipinski definition) is 8. The second-order valence-corrected chi connectivity index (χ2v) is 4.20. The average Bonchev–Trinajstić information content (AvgIpc) is 2.61. The molecule has 0 amide bonds. The van der Waals surface area contributed by atoms with Crippen molar-refractivity contribution in [1.82, 2.24) is 0 Å². The zero-order chi connectivity index (χ0) is 16.0. The molecular weight excluding hydrogens is 300 g/mol. The van der Waals surface area contributed by atoms with E-state index in [4.69, 9.17) is 13.8 Å². The van der Waals surface area contributed by atoms with Crippen LogP contribution in [0, 0.1) is 0 Å². The number of phenols is 2. The summed E-state index contributed by atoms with van der Waals surface area (Å²) < 4.78 is 13.2. The van der Waals surface area contributed by atoms with E-state index in [1.54, 1.807) is 0 Å². The Morgan fingerprint density at radius 3 is 2.38 bits per heavy atom. The molecule has 0 heterocycles. The number of aliphatic hydroxyl groups is 1. The van der Waals surface area contributed by atoms with Crippen molar-refractivity contribution >= 4 is 23.1 Å². The van der Waals surface area contributed by atoms with Gasteiger partial charge in [0.15, 0.2) is 29.6 Å². The molecule has 0 aliphatic rings. The standard InChI is InChI=1S/C12H10O6S.CH4O/c13-8-2-1-7-3-6(5-18-19-17)4-9(14)12(16)10(7)11(8)15;1-2/h1-4,13,15,17H,5H2,(H,14,16);2H,1H3. The van der Waals surface area contributed by atoms with Gasteiger partial charge >= 0.3 is 0 Å². The van der Waals surface area contributed by atoms with Crippen LogP contribution in [0.15, 0.2) is 29.1 Å². The van der Waals surface area contributed by atoms with E-state index in [1.807, 2.05) is 0 Å². The molecule has 21 heavy (non-hydrogen) atoms. The van der Waals surface area contributed by atoms with Crippen LogP contribution in [0.3, 0.4) is 0 Å². The molecule has 0 unspecified atom stereocenters. The summed E-state index contributed by atoms with van der Waals surface area (Å²) in [7, 11) is 1.00. The fourth-order valence-electron chi connectivity index (χ4n) is 1.74. The first-order valence-electron chi connectivity index (χ1n) is 5.63. The average molecular weight is 314 g/mol. The van der Waals surface area contributed by atoms with Crippen molar-refractivity contribution < 1.29 is 29.2 Å². The van der Waals surface area contributed by atoms with E-state index in [1.165, 1.54) is 24.3 Å². The Balaban J connectivity index is 0.00000106. The van der Waals surface area contributed by atoms with Crippen LogP contribution in [0.5, 0.6) is 17.2 Å². The molecule has 2 aromatic carbocycles. The van der Waals surface area contributed by atoms with Gasteiger partial charge in [-0.3, -0.25) is 8.98 Å². The van der Waals surface area contributed by atoms with Gasteiger partial charge in [0, 0.05) is 7.11 Å². The predicted octanol–water partition coefficient (Wildman–Crippen LogP) is 1.56. The van der Waals surface area contributed by atoms with Gasteiger partial charge < -0.3 is 25.0 Å². The number of benzene rings is 1. The molecule has 0 fully saturated rings. The van der Waals surface area contributed by atoms with Crippen LogP contribution in [-0.4, -0.2) is 32.1 Å². The lowest BCUT2D eigenvalue weighted by atomic mass is 10.1. The summed E-state index contributed by atoms with van der Waals surface area (Å²) >= 11 is 0.165. The number of hydrogen-bond donors (Lipinski definition) is 5. The molecule has 0 aliphatic heterocycles. The van der Waals surface area contributed by atoms with E-state index < -0.39 is 22.7 Å². The Bertz CT molecular complexity index is 687. The zero-order valence-electron chi connectivity index (χ0n) is 11.0. The number of aliphatic hydroxyl groups excluding tert-OH is 1. The molecule has 0 atom stereocenters. The lowest BCUT2D eigenvalue weighted by molar-refractivity contribution is 0.333. The SMILES string of the molecule is CO.O=c1c(O)cc(COSO)cc2ccc(O)c(O)c12. The number of phenolic OH excluding ortho intramolecular Hbond substituents is 2. The third-order valence-corrected chi connectivity index (χ3v) is 2.81. The second-order valence-electron chi connectivity index (χ2n) is 3.81. The molecule has 0 saturated heterocycles. The molecule has 114 valence electrons. The lowest BCUT2D eigenvalue weighted by Gasteiger charge is -2.00. The summed E-state index contributed by atoms with van der Waals surface area (Å²) in [6, 6.07) is 5.35. The monoisotopic (exact) mass is 314 g/mol. The van der Waals surface area contributed by atoms with E-state index in [0.717, 1.165) is 7.11 Å². The molecule has 0 saturated carbocycles. The summed E-state index contributed by atoms with van der Waals surface area (Å²) in [6.07, 6.45) is 0. The van der Waals surface area contributed by atoms with E-state index in [9.17, 15) is 20.1 Å². The fourth-order valence-corrected chi connectivity index (χ4v) is 1.93. The molecule has 0 bridgehead atoms. The zero-order valence-corrected chi connectivity index (χ0v) is 11.8. The van der Waals surface area contributed by atoms with Crippen LogP contribution in [0.2, 0.25) is 0 Å². The maximum atomic E-state index is 11.9. The first-order chi connectivity index (χ1) is 10.0. The Kier molecular flexibility index (Phi) is 6.25. The van der Waals surface area contributed by atoms with E-state index in [-0.39, 0.29) is 24.3 Å². The van der Waals surface area contributed by atoms with Gasteiger partial charge in [-0.25, -0.2) is 0 Å². The lowest BCUT2D eigenvalue weighted by Crippen LogP contribution is -1.97. The Hall–Kier alpha value is -2.00. The number of aromatic hydroxyl groups is 3. The van der Waals surface area contributed by atoms with Gasteiger partial charge in [-0.15, -0.1) is 0 Å². The van der Waals surface area contributed by atoms with Crippen LogP contribution in [0.1, 0.15) is 5.56 Å². The van der Waals surface area contributed by atoms with Crippen molar-refractivity contribution in [2.75, 3.05) is 7.11 Å². The Labute approximate surface area is 124 Å². The van der Waals surface area contributed by atoms with Crippen LogP contribution in [0.4, 0.5) is 0 Å². The van der Waals surface area contributed by atoms with Gasteiger partial charge in [0.2, 0.25) is 5.43 Å². The van der Waals surface area contributed by atoms with Gasteiger partial charge in [-0.05, 0) is 29.1 Å². The van der Waals surface area contributed by atoms with Crippen LogP contribution in [0.25, 0.3) is 10.8 Å². The molecular formula is C13H14O7S. The highest BCUT2D eigenvalue weighted by Gasteiger charge is 2.12. The van der Waals surface area contributed by atoms with Crippen molar-refractivity contribution in [3.8, 4) is 17.2 Å². The van der Waals surface area contributed by atoms with E-state index in [2.05, 4.69) is 0 Å². The topological polar surface area (TPSA) is 127 Å². The number of rotatable bonds is 3. The summed E-state index contributed by atoms with van der Waals surface area (Å²) in [5.74, 6) is -1.62. The minimum atomic E-state index is -0.800. The molecule has 2 rings (SSSR count). The van der Waals surface area contributed by atoms with Crippen molar-refractivity contribution in [3.63, 3.8) is 0 Å². The normalized spacial score (nSPS) is 10.0. The molecule has 0 spiro atoms. The largest absolute Gasteiger partial charge is 0.504 e. The maximum absolute atomic E-state index is 11.9. The van der Waals surface area contributed by atoms with Crippen LogP contribution in [-0.2, 0) is 10.8 Å². The predicted molar refractivity (Wildman–Crippen MR) is 78.4 cm³/mol. The molecule has 0 aromatic heterocycles. The molecule has 2 aromatic rings. The minimum absolute atomic E-state index is 0.0421. The molecule has 0 radical (unpaired) electrons. The molecule has 5 N–H and O–H groups in total. The van der Waals surface area contributed by atoms with Gasteiger partial charge in [0.25, 0.3) is 0 Å². The third kappa shape index (κ3) is 3.76. The highest BCUT2D eigenvalue weighted by Crippen LogP contribution is 2.32. The summed E-state index contributed by atoms with van der Waals surface area (Å²) in [4.78, 5) is 11.9. The van der Waals surface area contributed by atoms with Crippen LogP contribution >= 0.6 is 12.3 Å². The van der Waals surface area contributed by atoms with Gasteiger partial charge in [0.05, 0.1) is 12.0 Å². The van der Waals surface area contributed by atoms with Crippen molar-refractivity contribution in [2.24, 2.45) is 0 Å². The van der Waals surface area contributed by atoms with E-state index in [0.29, 0.717) is 10.9 Å². The van der Waals surface area contributed by atoms with Gasteiger partial charge in [-0.2, -0.15) is 0 Å². The van der Waals surface area contributed by atoms with E-state index >= 15 is 0 Å². The highest BCUT2D eigenvalue weighted by molar-refractivity contribution is 7.88. The van der Waals surface area contributed by atoms with Gasteiger partial charge in [0.1, 0.15) is 0 Å². The molecule has 7 nitrogen and oxygen atoms in total. The Morgan fingerprint density at radius 1 is 1.10 bits per heavy atom. The fraction of sp³-hybridized carbons (Fsp3) is 0.154. The quantitative estimate of drug-likeness (QED) is 0.426. The van der Waals surface area contributed by atoms with Gasteiger partial charge in [-0.1, -0.05) is 6.07 Å². The summed E-state index contributed by atoms with van der Waals surface area (Å²) in [5, 5.41) is 35.9.